The summed E-state index contributed by atoms with van der Waals surface area (Å²) in [5.74, 6) is 0.115. The summed E-state index contributed by atoms with van der Waals surface area (Å²) in [5, 5.41) is 0. The molecular formula is C23H28N10O8P2S. The SMILES string of the molecule is CC[C@@]12CO[PH](=O)O[C@@H]3C[C@@H](CO[P@@](=O)(S)O[C@]14C[C@H]4[C@H](n1cnc4c(N)ncnc41)O2)O[C@H]3n1cnc2c(N)ncnc21. The van der Waals surface area contributed by atoms with E-state index in [0.29, 0.717) is 35.2 Å². The van der Waals surface area contributed by atoms with Gasteiger partial charge in [0.25, 0.3) is 0 Å². The molecule has 4 N–H and O–H groups in total. The molecule has 0 amide bonds. The van der Waals surface area contributed by atoms with Gasteiger partial charge < -0.3 is 30.0 Å². The quantitative estimate of drug-likeness (QED) is 0.211. The average Bonchev–Trinajstić information content (AvgIpc) is 3.39. The topological polar surface area (TPSA) is 229 Å². The highest BCUT2D eigenvalue weighted by molar-refractivity contribution is 8.44. The summed E-state index contributed by atoms with van der Waals surface area (Å²) in [6.07, 6.45) is 3.88. The Bertz CT molecular complexity index is 1860. The largest absolute Gasteiger partial charge is 0.386 e. The molecule has 0 radical (unpaired) electrons. The molecule has 18 nitrogen and oxygen atoms in total. The number of hydrogen-bond acceptors (Lipinski definition) is 16. The number of fused-ring (bicyclic) bond motifs is 4. The summed E-state index contributed by atoms with van der Waals surface area (Å²) < 4.78 is 67.3. The number of anilines is 2. The Hall–Kier alpha value is -2.73. The van der Waals surface area contributed by atoms with Crippen LogP contribution in [0.15, 0.2) is 25.3 Å². The predicted molar refractivity (Wildman–Crippen MR) is 155 cm³/mol. The molecular weight excluding hydrogens is 638 g/mol. The molecule has 2 bridgehead atoms. The summed E-state index contributed by atoms with van der Waals surface area (Å²) in [5.41, 5.74) is 11.3. The van der Waals surface area contributed by atoms with Gasteiger partial charge in [-0.2, -0.15) is 0 Å². The van der Waals surface area contributed by atoms with Gasteiger partial charge >= 0.3 is 15.1 Å². The molecule has 9 atom stereocenters. The van der Waals surface area contributed by atoms with Gasteiger partial charge in [-0.05, 0) is 12.8 Å². The molecule has 1 aliphatic carbocycles. The molecule has 1 saturated carbocycles. The minimum Gasteiger partial charge on any atom is -0.382 e. The number of nitrogen functional groups attached to an aromatic ring is 2. The Kier molecular flexibility index (Phi) is 6.62. The smallest absolute Gasteiger partial charge is 0.382 e. The van der Waals surface area contributed by atoms with Gasteiger partial charge in [0, 0.05) is 12.3 Å². The average molecular weight is 667 g/mol. The first kappa shape index (κ1) is 28.7. The molecule has 3 saturated heterocycles. The highest BCUT2D eigenvalue weighted by Crippen LogP contribution is 2.74. The molecule has 4 fully saturated rings. The molecule has 7 heterocycles. The highest BCUT2D eigenvalue weighted by Gasteiger charge is 2.79. The van der Waals surface area contributed by atoms with E-state index in [1.807, 2.05) is 6.92 Å². The Morgan fingerprint density at radius 2 is 1.70 bits per heavy atom. The molecule has 4 aliphatic rings. The van der Waals surface area contributed by atoms with Crippen LogP contribution >= 0.6 is 27.3 Å². The van der Waals surface area contributed by atoms with Crippen LogP contribution < -0.4 is 11.5 Å². The summed E-state index contributed by atoms with van der Waals surface area (Å²) in [4.78, 5) is 25.3. The fourth-order valence-corrected chi connectivity index (χ4v) is 9.36. The maximum Gasteiger partial charge on any atom is 0.386 e. The third-order valence-corrected chi connectivity index (χ3v) is 11.3. The zero-order valence-corrected chi connectivity index (χ0v) is 25.9. The van der Waals surface area contributed by atoms with E-state index in [0.717, 1.165) is 0 Å². The van der Waals surface area contributed by atoms with E-state index >= 15 is 0 Å². The highest BCUT2D eigenvalue weighted by atomic mass is 32.7. The minimum absolute atomic E-state index is 0.144. The number of ether oxygens (including phenoxy) is 2. The second-order valence-corrected chi connectivity index (χ2v) is 15.0. The van der Waals surface area contributed by atoms with Crippen molar-refractivity contribution in [2.45, 2.75) is 62.1 Å². The van der Waals surface area contributed by atoms with E-state index in [1.165, 1.54) is 19.0 Å². The maximum absolute atomic E-state index is 13.8. The van der Waals surface area contributed by atoms with E-state index in [2.05, 4.69) is 42.2 Å². The number of rotatable bonds is 3. The van der Waals surface area contributed by atoms with Gasteiger partial charge in [-0.1, -0.05) is 19.2 Å². The minimum atomic E-state index is -3.99. The van der Waals surface area contributed by atoms with Gasteiger partial charge in [0.15, 0.2) is 29.2 Å². The van der Waals surface area contributed by atoms with Crippen LogP contribution in [0.1, 0.15) is 38.6 Å². The van der Waals surface area contributed by atoms with E-state index < -0.39 is 50.9 Å². The van der Waals surface area contributed by atoms with Crippen LogP contribution in [0, 0.1) is 5.92 Å². The normalized spacial score (nSPS) is 39.0. The van der Waals surface area contributed by atoms with E-state index in [4.69, 9.17) is 39.0 Å². The monoisotopic (exact) mass is 666 g/mol. The van der Waals surface area contributed by atoms with Crippen molar-refractivity contribution in [3.8, 4) is 0 Å². The summed E-state index contributed by atoms with van der Waals surface area (Å²) in [7, 11) is -3.12. The lowest BCUT2D eigenvalue weighted by molar-refractivity contribution is -0.153. The van der Waals surface area contributed by atoms with Crippen LogP contribution in [-0.4, -0.2) is 75.7 Å². The lowest BCUT2D eigenvalue weighted by atomic mass is 9.92. The molecule has 1 unspecified atom stereocenters. The Morgan fingerprint density at radius 3 is 2.36 bits per heavy atom. The third kappa shape index (κ3) is 4.33. The van der Waals surface area contributed by atoms with Gasteiger partial charge in [0.1, 0.15) is 47.2 Å². The van der Waals surface area contributed by atoms with Crippen LogP contribution in [0.4, 0.5) is 11.6 Å². The Morgan fingerprint density at radius 1 is 1.05 bits per heavy atom. The second kappa shape index (κ2) is 10.1. The van der Waals surface area contributed by atoms with Crippen molar-refractivity contribution in [1.29, 1.82) is 0 Å². The molecule has 1 spiro atoms. The number of nitrogens with two attached hydrogens (primary N) is 2. The van der Waals surface area contributed by atoms with E-state index in [9.17, 15) is 9.13 Å². The zero-order valence-electron chi connectivity index (χ0n) is 23.1. The number of thiol groups is 1. The van der Waals surface area contributed by atoms with Crippen LogP contribution in [0.3, 0.4) is 0 Å². The summed E-state index contributed by atoms with van der Waals surface area (Å²) >= 11 is 4.35. The van der Waals surface area contributed by atoms with E-state index in [1.54, 1.807) is 15.5 Å². The van der Waals surface area contributed by atoms with Crippen molar-refractivity contribution in [1.82, 2.24) is 39.0 Å². The van der Waals surface area contributed by atoms with Crippen molar-refractivity contribution < 1.29 is 36.7 Å². The van der Waals surface area contributed by atoms with Crippen molar-refractivity contribution in [3.05, 3.63) is 25.3 Å². The van der Waals surface area contributed by atoms with Crippen molar-refractivity contribution in [3.63, 3.8) is 0 Å². The molecule has 21 heteroatoms. The van der Waals surface area contributed by atoms with Crippen molar-refractivity contribution in [2.24, 2.45) is 5.92 Å². The van der Waals surface area contributed by atoms with Gasteiger partial charge in [-0.3, -0.25) is 22.7 Å². The fourth-order valence-electron chi connectivity index (χ4n) is 6.64. The Labute approximate surface area is 254 Å². The lowest BCUT2D eigenvalue weighted by Gasteiger charge is -2.37. The molecule has 0 aromatic carbocycles. The van der Waals surface area contributed by atoms with Crippen LogP contribution in [0.2, 0.25) is 0 Å². The van der Waals surface area contributed by atoms with Gasteiger partial charge in [-0.25, -0.2) is 34.5 Å². The second-order valence-electron chi connectivity index (χ2n) is 11.2. The van der Waals surface area contributed by atoms with Crippen molar-refractivity contribution >= 4 is 61.3 Å². The number of imidazole rings is 2. The van der Waals surface area contributed by atoms with E-state index in [-0.39, 0.29) is 37.2 Å². The number of nitrogens with zero attached hydrogens (tertiary/aromatic N) is 8. The predicted octanol–water partition coefficient (Wildman–Crippen LogP) is 2.43. The van der Waals surface area contributed by atoms with Crippen molar-refractivity contribution in [2.75, 3.05) is 24.7 Å². The maximum atomic E-state index is 13.8. The number of hydrogen-bond donors (Lipinski definition) is 3. The van der Waals surface area contributed by atoms with Crippen LogP contribution in [0.25, 0.3) is 22.3 Å². The summed E-state index contributed by atoms with van der Waals surface area (Å²) in [6, 6.07) is 0. The summed E-state index contributed by atoms with van der Waals surface area (Å²) in [6.45, 7) is -2.45. The third-order valence-electron chi connectivity index (χ3n) is 8.84. The molecule has 44 heavy (non-hydrogen) atoms. The first-order valence-corrected chi connectivity index (χ1v) is 17.8. The molecule has 4 aromatic heterocycles. The van der Waals surface area contributed by atoms with Gasteiger partial charge in [0.2, 0.25) is 0 Å². The molecule has 4 aromatic rings. The lowest BCUT2D eigenvalue weighted by Crippen LogP contribution is -2.48. The standard InChI is InChI=1S/C23H28N10O8P2S/c1-2-22-6-36-42(34)40-13-3-11(38-21(13)33-10-31-15-17(25)27-8-29-19(15)33)5-37-43(35,44)41-23(22)4-12(23)20(39-22)32-9-30-14-16(24)26-7-28-18(14)32/h7-13,20-21,42H,2-6H2,1H3,(H,35,44)(H2,24,26,28)(H2,25,27,29)/t11-,12-,13+,20+,21+,22+,23-,43+/m0/s1. The first-order valence-electron chi connectivity index (χ1n) is 13.8. The van der Waals surface area contributed by atoms with Crippen LogP contribution in [-0.2, 0) is 36.7 Å². The molecule has 3 aliphatic heterocycles. The zero-order chi connectivity index (χ0) is 30.4. The van der Waals surface area contributed by atoms with Gasteiger partial charge in [-0.15, -0.1) is 0 Å². The van der Waals surface area contributed by atoms with Gasteiger partial charge in [0.05, 0.1) is 32.0 Å². The Balaban J connectivity index is 1.12. The molecule has 234 valence electrons. The fraction of sp³-hybridized carbons (Fsp3) is 0.565. The van der Waals surface area contributed by atoms with Crippen LogP contribution in [0.5, 0.6) is 0 Å². The number of aromatic nitrogens is 8. The molecule has 8 rings (SSSR count). The first-order chi connectivity index (χ1) is 21.1.